The molecule has 0 saturated carbocycles. The van der Waals surface area contributed by atoms with Gasteiger partial charge in [0, 0.05) is 13.8 Å². The maximum absolute atomic E-state index is 13.7. The summed E-state index contributed by atoms with van der Waals surface area (Å²) in [6, 6.07) is 12.6. The summed E-state index contributed by atoms with van der Waals surface area (Å²) < 4.78 is 17.4. The molecule has 10 heteroatoms. The smallest absolute Gasteiger partial charge is 0.338 e. The van der Waals surface area contributed by atoms with Gasteiger partial charge in [-0.15, -0.1) is 0 Å². The van der Waals surface area contributed by atoms with Gasteiger partial charge >= 0.3 is 17.9 Å². The van der Waals surface area contributed by atoms with E-state index in [0.29, 0.717) is 37.7 Å². The van der Waals surface area contributed by atoms with E-state index in [9.17, 15) is 19.2 Å². The molecule has 2 aromatic carbocycles. The summed E-state index contributed by atoms with van der Waals surface area (Å²) in [5.74, 6) is -0.768. The zero-order chi connectivity index (χ0) is 26.7. The Hall–Kier alpha value is -4.31. The number of fused-ring (bicyclic) bond motifs is 1. The van der Waals surface area contributed by atoms with Crippen LogP contribution in [0.5, 0.6) is 11.5 Å². The molecule has 4 rings (SSSR count). The molecule has 0 spiro atoms. The Bertz CT molecular complexity index is 1600. The Morgan fingerprint density at radius 1 is 1.03 bits per heavy atom. The van der Waals surface area contributed by atoms with Gasteiger partial charge in [-0.25, -0.2) is 9.79 Å². The molecule has 2 heterocycles. The number of carbonyl (C=O) groups excluding carboxylic acids is 3. The Morgan fingerprint density at radius 3 is 2.35 bits per heavy atom. The molecule has 0 radical (unpaired) electrons. The van der Waals surface area contributed by atoms with Crippen molar-refractivity contribution in [3.05, 3.63) is 90.6 Å². The first-order chi connectivity index (χ1) is 17.7. The van der Waals surface area contributed by atoms with Crippen LogP contribution in [-0.2, 0) is 19.1 Å². The van der Waals surface area contributed by atoms with Crippen molar-refractivity contribution < 1.29 is 28.6 Å². The number of thiazole rings is 1. The van der Waals surface area contributed by atoms with Gasteiger partial charge in [0.2, 0.25) is 0 Å². The molecule has 1 aliphatic rings. The zero-order valence-electron chi connectivity index (χ0n) is 20.6. The zero-order valence-corrected chi connectivity index (χ0v) is 21.5. The first kappa shape index (κ1) is 25.8. The van der Waals surface area contributed by atoms with Crippen LogP contribution in [0.25, 0.3) is 6.08 Å². The molecule has 37 heavy (non-hydrogen) atoms. The first-order valence-corrected chi connectivity index (χ1v) is 12.3. The SMILES string of the molecule is CCOC(=O)C1=C(C)N=c2sc(=Cc3cccc(OC(C)=O)c3)c(=O)n2C1c1ccc(OC(C)=O)cc1. The molecule has 1 atom stereocenters. The number of ether oxygens (including phenoxy) is 3. The van der Waals surface area contributed by atoms with E-state index in [-0.39, 0.29) is 17.7 Å². The van der Waals surface area contributed by atoms with E-state index in [2.05, 4.69) is 4.99 Å². The lowest BCUT2D eigenvalue weighted by molar-refractivity contribution is -0.139. The largest absolute Gasteiger partial charge is 0.463 e. The molecular formula is C27H24N2O7S. The van der Waals surface area contributed by atoms with E-state index in [1.807, 2.05) is 0 Å². The minimum absolute atomic E-state index is 0.164. The molecular weight excluding hydrogens is 496 g/mol. The minimum Gasteiger partial charge on any atom is -0.463 e. The predicted molar refractivity (Wildman–Crippen MR) is 136 cm³/mol. The molecule has 1 aliphatic heterocycles. The highest BCUT2D eigenvalue weighted by Gasteiger charge is 2.33. The second-order valence-electron chi connectivity index (χ2n) is 8.13. The second kappa shape index (κ2) is 10.8. The number of rotatable bonds is 6. The van der Waals surface area contributed by atoms with Crippen molar-refractivity contribution in [1.82, 2.24) is 4.57 Å². The van der Waals surface area contributed by atoms with Crippen LogP contribution in [0.15, 0.2) is 69.6 Å². The van der Waals surface area contributed by atoms with Gasteiger partial charge in [-0.1, -0.05) is 35.6 Å². The van der Waals surface area contributed by atoms with E-state index in [0.717, 1.165) is 0 Å². The highest BCUT2D eigenvalue weighted by molar-refractivity contribution is 7.07. The van der Waals surface area contributed by atoms with Crippen molar-refractivity contribution in [2.45, 2.75) is 33.7 Å². The Morgan fingerprint density at radius 2 is 1.70 bits per heavy atom. The van der Waals surface area contributed by atoms with Gasteiger partial charge in [0.05, 0.1) is 28.5 Å². The van der Waals surface area contributed by atoms with Crippen molar-refractivity contribution >= 4 is 35.3 Å². The van der Waals surface area contributed by atoms with Gasteiger partial charge in [0.1, 0.15) is 11.5 Å². The minimum atomic E-state index is -0.795. The average molecular weight is 521 g/mol. The molecule has 0 saturated heterocycles. The lowest BCUT2D eigenvalue weighted by Gasteiger charge is -2.24. The molecule has 0 bridgehead atoms. The predicted octanol–water partition coefficient (Wildman–Crippen LogP) is 2.65. The number of carbonyl (C=O) groups is 3. The van der Waals surface area contributed by atoms with Crippen LogP contribution in [0.3, 0.4) is 0 Å². The topological polar surface area (TPSA) is 113 Å². The van der Waals surface area contributed by atoms with E-state index in [1.165, 1.54) is 29.8 Å². The Kier molecular flexibility index (Phi) is 7.49. The summed E-state index contributed by atoms with van der Waals surface area (Å²) in [6.45, 7) is 6.18. The molecule has 9 nitrogen and oxygen atoms in total. The van der Waals surface area contributed by atoms with Crippen LogP contribution in [0.2, 0.25) is 0 Å². The molecule has 0 aliphatic carbocycles. The number of allylic oxidation sites excluding steroid dienone is 1. The summed E-state index contributed by atoms with van der Waals surface area (Å²) in [7, 11) is 0. The van der Waals surface area contributed by atoms with Crippen LogP contribution >= 0.6 is 11.3 Å². The number of esters is 3. The molecule has 1 unspecified atom stereocenters. The van der Waals surface area contributed by atoms with Crippen molar-refractivity contribution in [1.29, 1.82) is 0 Å². The lowest BCUT2D eigenvalue weighted by Crippen LogP contribution is -2.39. The molecule has 0 fully saturated rings. The van der Waals surface area contributed by atoms with E-state index < -0.39 is 23.9 Å². The summed E-state index contributed by atoms with van der Waals surface area (Å²) in [6.07, 6.45) is 1.68. The fourth-order valence-corrected chi connectivity index (χ4v) is 5.02. The molecule has 0 N–H and O–H groups in total. The highest BCUT2D eigenvalue weighted by Crippen LogP contribution is 2.31. The number of benzene rings is 2. The van der Waals surface area contributed by atoms with Gasteiger partial charge in [0.25, 0.3) is 5.56 Å². The molecule has 190 valence electrons. The number of hydrogen-bond acceptors (Lipinski definition) is 9. The lowest BCUT2D eigenvalue weighted by atomic mass is 9.96. The van der Waals surface area contributed by atoms with Gasteiger partial charge in [-0.05, 0) is 55.3 Å². The van der Waals surface area contributed by atoms with Gasteiger partial charge in [-0.3, -0.25) is 19.0 Å². The summed E-state index contributed by atoms with van der Waals surface area (Å²) in [5, 5.41) is 0. The third kappa shape index (κ3) is 5.59. The van der Waals surface area contributed by atoms with Crippen molar-refractivity contribution in [2.75, 3.05) is 6.61 Å². The number of aromatic nitrogens is 1. The number of nitrogens with zero attached hydrogens (tertiary/aromatic N) is 2. The van der Waals surface area contributed by atoms with Gasteiger partial charge in [0.15, 0.2) is 4.80 Å². The van der Waals surface area contributed by atoms with E-state index in [4.69, 9.17) is 14.2 Å². The fourth-order valence-electron chi connectivity index (χ4n) is 3.98. The van der Waals surface area contributed by atoms with Crippen LogP contribution in [0.4, 0.5) is 0 Å². The van der Waals surface area contributed by atoms with E-state index >= 15 is 0 Å². The van der Waals surface area contributed by atoms with Crippen LogP contribution in [0, 0.1) is 0 Å². The fraction of sp³-hybridized carbons (Fsp3) is 0.222. The second-order valence-corrected chi connectivity index (χ2v) is 9.14. The van der Waals surface area contributed by atoms with Crippen LogP contribution in [-0.4, -0.2) is 29.1 Å². The summed E-state index contributed by atoms with van der Waals surface area (Å²) in [4.78, 5) is 54.2. The normalized spacial score (nSPS) is 15.0. The molecule has 0 amide bonds. The maximum atomic E-state index is 13.7. The Labute approximate surface area is 215 Å². The monoisotopic (exact) mass is 520 g/mol. The van der Waals surface area contributed by atoms with Crippen LogP contribution < -0.4 is 24.4 Å². The quantitative estimate of drug-likeness (QED) is 0.363. The Balaban J connectivity index is 1.87. The third-order valence-corrected chi connectivity index (χ3v) is 6.37. The summed E-state index contributed by atoms with van der Waals surface area (Å²) in [5.41, 5.74) is 1.63. The standard InChI is InChI=1S/C27H24N2O7S/c1-5-34-26(33)23-15(2)28-27-29(24(23)19-9-11-20(12-10-19)35-16(3)30)25(32)22(37-27)14-18-7-6-8-21(13-18)36-17(4)31/h6-14,24H,5H2,1-4H3. The maximum Gasteiger partial charge on any atom is 0.338 e. The van der Waals surface area contributed by atoms with Gasteiger partial charge in [-0.2, -0.15) is 0 Å². The average Bonchev–Trinajstić information content (AvgIpc) is 3.12. The van der Waals surface area contributed by atoms with Crippen molar-refractivity contribution in [3.63, 3.8) is 0 Å². The number of hydrogen-bond donors (Lipinski definition) is 0. The van der Waals surface area contributed by atoms with E-state index in [1.54, 1.807) is 68.5 Å². The highest BCUT2D eigenvalue weighted by atomic mass is 32.1. The first-order valence-electron chi connectivity index (χ1n) is 11.4. The molecule has 1 aromatic heterocycles. The van der Waals surface area contributed by atoms with Crippen molar-refractivity contribution in [2.24, 2.45) is 4.99 Å². The van der Waals surface area contributed by atoms with Crippen molar-refractivity contribution in [3.8, 4) is 11.5 Å². The third-order valence-electron chi connectivity index (χ3n) is 5.39. The van der Waals surface area contributed by atoms with Crippen LogP contribution in [0.1, 0.15) is 44.9 Å². The van der Waals surface area contributed by atoms with Gasteiger partial charge < -0.3 is 14.2 Å². The molecule has 3 aromatic rings. The summed E-state index contributed by atoms with van der Waals surface area (Å²) >= 11 is 1.18.